The fraction of sp³-hybridized carbons (Fsp3) is 0.0182. The van der Waals surface area contributed by atoms with E-state index in [4.69, 9.17) is 20.4 Å². The van der Waals surface area contributed by atoms with E-state index in [1.165, 1.54) is 5.56 Å². The Kier molecular flexibility index (Phi) is 8.91. The summed E-state index contributed by atoms with van der Waals surface area (Å²) in [7, 11) is 0. The molecular formula is C55H37ClN2O2. The van der Waals surface area contributed by atoms with Crippen molar-refractivity contribution in [2.24, 2.45) is 0 Å². The Hall–Kier alpha value is -7.53. The Bertz CT molecular complexity index is 3230. The first-order chi connectivity index (χ1) is 29.7. The van der Waals surface area contributed by atoms with Crippen LogP contribution in [0.25, 0.3) is 61.2 Å². The molecule has 0 fully saturated rings. The predicted octanol–water partition coefficient (Wildman–Crippen LogP) is 16.4. The van der Waals surface area contributed by atoms with E-state index in [9.17, 15) is 0 Å². The van der Waals surface area contributed by atoms with Crippen LogP contribution in [0.4, 0.5) is 34.1 Å². The summed E-state index contributed by atoms with van der Waals surface area (Å²) in [5.74, 6) is 0.873. The van der Waals surface area contributed by atoms with Crippen LogP contribution in [0.5, 0.6) is 0 Å². The number of hydrogen-bond donors (Lipinski definition) is 0. The zero-order valence-corrected chi connectivity index (χ0v) is 33.3. The number of rotatable bonds is 8. The van der Waals surface area contributed by atoms with E-state index >= 15 is 0 Å². The second-order valence-corrected chi connectivity index (χ2v) is 15.4. The van der Waals surface area contributed by atoms with E-state index in [2.05, 4.69) is 180 Å². The summed E-state index contributed by atoms with van der Waals surface area (Å²) < 4.78 is 13.4. The average Bonchev–Trinajstić information content (AvgIpc) is 3.77. The Morgan fingerprint density at radius 2 is 0.933 bits per heavy atom. The minimum atomic E-state index is 0.589. The van der Waals surface area contributed by atoms with Gasteiger partial charge in [-0.05, 0) is 95.4 Å². The van der Waals surface area contributed by atoms with Gasteiger partial charge in [-0.1, -0.05) is 157 Å². The zero-order valence-electron chi connectivity index (χ0n) is 32.5. The quantitative estimate of drug-likeness (QED) is 0.153. The van der Waals surface area contributed by atoms with Gasteiger partial charge < -0.3 is 18.6 Å². The molecule has 2 aromatic heterocycles. The second-order valence-electron chi connectivity index (χ2n) is 15.0. The number of nitrogens with zero attached hydrogens (tertiary/aromatic N) is 2. The molecule has 0 saturated carbocycles. The van der Waals surface area contributed by atoms with E-state index in [0.717, 1.165) is 101 Å². The monoisotopic (exact) mass is 792 g/mol. The maximum Gasteiger partial charge on any atom is 0.159 e. The van der Waals surface area contributed by atoms with Crippen molar-refractivity contribution in [2.45, 2.75) is 6.42 Å². The van der Waals surface area contributed by atoms with Gasteiger partial charge in [0.15, 0.2) is 11.2 Å². The van der Waals surface area contributed by atoms with Crippen molar-refractivity contribution in [3.63, 3.8) is 0 Å². The van der Waals surface area contributed by atoms with Crippen molar-refractivity contribution in [3.05, 3.63) is 223 Å². The molecule has 2 heterocycles. The van der Waals surface area contributed by atoms with Crippen molar-refractivity contribution in [2.75, 3.05) is 9.80 Å². The molecule has 286 valence electrons. The molecule has 4 nitrogen and oxygen atoms in total. The topological polar surface area (TPSA) is 32.8 Å². The first kappa shape index (κ1) is 35.6. The number of furan rings is 2. The fourth-order valence-electron chi connectivity index (χ4n) is 8.55. The standard InChI is InChI=1S/C55H37ClN2O2/c56-41-34-44(57(42-30-26-39(27-31-42)37-14-4-1-5-15-37)50-22-12-20-48-46-18-8-3-9-24-52(46)59-54(48)50)36-45(35-41)58(43-32-28-40(29-33-43)38-16-6-2-7-17-38)51-23-13-21-49-47-19-10-11-25-53(47)60-55(49)51/h1-17,19-36H,18H2. The Labute approximate surface area is 353 Å². The number of allylic oxidation sites excluding steroid dienone is 3. The highest BCUT2D eigenvalue weighted by atomic mass is 35.5. The molecule has 0 saturated heterocycles. The molecule has 0 bridgehead atoms. The van der Waals surface area contributed by atoms with Gasteiger partial charge in [0.2, 0.25) is 0 Å². The van der Waals surface area contributed by atoms with E-state index in [-0.39, 0.29) is 0 Å². The number of fused-ring (bicyclic) bond motifs is 6. The molecule has 5 heteroatoms. The number of hydrogen-bond acceptors (Lipinski definition) is 4. The smallest absolute Gasteiger partial charge is 0.159 e. The average molecular weight is 793 g/mol. The van der Waals surface area contributed by atoms with Crippen LogP contribution in [0.1, 0.15) is 11.3 Å². The number of halogens is 1. The molecule has 8 aromatic carbocycles. The zero-order chi connectivity index (χ0) is 40.0. The molecule has 0 unspecified atom stereocenters. The molecule has 10 aromatic rings. The lowest BCUT2D eigenvalue weighted by Gasteiger charge is -2.30. The van der Waals surface area contributed by atoms with Gasteiger partial charge >= 0.3 is 0 Å². The lowest BCUT2D eigenvalue weighted by atomic mass is 10.0. The molecule has 0 atom stereocenters. The molecule has 1 aliphatic rings. The number of para-hydroxylation sites is 3. The lowest BCUT2D eigenvalue weighted by molar-refractivity contribution is 0.600. The molecule has 0 spiro atoms. The highest BCUT2D eigenvalue weighted by molar-refractivity contribution is 6.31. The molecule has 1 aliphatic carbocycles. The van der Waals surface area contributed by atoms with Crippen LogP contribution < -0.4 is 9.80 Å². The number of anilines is 6. The van der Waals surface area contributed by atoms with Gasteiger partial charge in [0.1, 0.15) is 11.3 Å². The maximum absolute atomic E-state index is 7.28. The summed E-state index contributed by atoms with van der Waals surface area (Å²) in [5.41, 5.74) is 13.7. The second kappa shape index (κ2) is 15.0. The van der Waals surface area contributed by atoms with Gasteiger partial charge in [-0.2, -0.15) is 0 Å². The largest absolute Gasteiger partial charge is 0.454 e. The lowest BCUT2D eigenvalue weighted by Crippen LogP contribution is -2.14. The SMILES string of the molecule is Clc1cc(N(c2ccc(-c3ccccc3)cc2)c2cccc3c4c(oc23)C=CC=CC4)cc(N(c2ccc(-c3ccccc3)cc2)c2cccc3c2oc2ccccc23)c1. The molecule has 0 radical (unpaired) electrons. The predicted molar refractivity (Wildman–Crippen MR) is 251 cm³/mol. The normalized spacial score (nSPS) is 12.2. The van der Waals surface area contributed by atoms with Crippen LogP contribution in [0.15, 0.2) is 215 Å². The third-order valence-electron chi connectivity index (χ3n) is 11.4. The molecule has 0 aliphatic heterocycles. The van der Waals surface area contributed by atoms with E-state index in [1.54, 1.807) is 0 Å². The summed E-state index contributed by atoms with van der Waals surface area (Å²) in [4.78, 5) is 4.51. The van der Waals surface area contributed by atoms with Gasteiger partial charge in [-0.15, -0.1) is 0 Å². The highest BCUT2D eigenvalue weighted by Crippen LogP contribution is 2.47. The molecule has 0 N–H and O–H groups in total. The molecule has 11 rings (SSSR count). The van der Waals surface area contributed by atoms with Gasteiger partial charge in [0.05, 0.1) is 11.4 Å². The van der Waals surface area contributed by atoms with E-state index in [1.807, 2.05) is 42.5 Å². The van der Waals surface area contributed by atoms with Crippen LogP contribution in [0.3, 0.4) is 0 Å². The van der Waals surface area contributed by atoms with Gasteiger partial charge in [-0.3, -0.25) is 0 Å². The van der Waals surface area contributed by atoms with Crippen LogP contribution in [0.2, 0.25) is 5.02 Å². The van der Waals surface area contributed by atoms with Crippen LogP contribution in [-0.4, -0.2) is 0 Å². The molecular weight excluding hydrogens is 756 g/mol. The first-order valence-electron chi connectivity index (χ1n) is 20.2. The van der Waals surface area contributed by atoms with Gasteiger partial charge in [0.25, 0.3) is 0 Å². The summed E-state index contributed by atoms with van der Waals surface area (Å²) >= 11 is 7.28. The van der Waals surface area contributed by atoms with E-state index < -0.39 is 0 Å². The summed E-state index contributed by atoms with van der Waals surface area (Å²) in [6.07, 6.45) is 9.14. The van der Waals surface area contributed by atoms with Gasteiger partial charge in [0, 0.05) is 49.5 Å². The van der Waals surface area contributed by atoms with Crippen molar-refractivity contribution >= 4 is 84.7 Å². The molecule has 0 amide bonds. The van der Waals surface area contributed by atoms with Crippen LogP contribution in [0, 0.1) is 0 Å². The summed E-state index contributed by atoms with van der Waals surface area (Å²) in [6.45, 7) is 0. The van der Waals surface area contributed by atoms with Crippen molar-refractivity contribution in [1.82, 2.24) is 0 Å². The van der Waals surface area contributed by atoms with E-state index in [0.29, 0.717) is 5.02 Å². The maximum atomic E-state index is 7.28. The Morgan fingerprint density at radius 3 is 1.55 bits per heavy atom. The minimum absolute atomic E-state index is 0.589. The minimum Gasteiger partial charge on any atom is -0.454 e. The van der Waals surface area contributed by atoms with Crippen LogP contribution >= 0.6 is 11.6 Å². The Morgan fingerprint density at radius 1 is 0.417 bits per heavy atom. The highest BCUT2D eigenvalue weighted by Gasteiger charge is 2.25. The van der Waals surface area contributed by atoms with Crippen molar-refractivity contribution in [1.29, 1.82) is 0 Å². The summed E-state index contributed by atoms with van der Waals surface area (Å²) in [6, 6.07) is 65.5. The van der Waals surface area contributed by atoms with Crippen molar-refractivity contribution in [3.8, 4) is 22.3 Å². The fourth-order valence-corrected chi connectivity index (χ4v) is 8.77. The summed E-state index contributed by atoms with van der Waals surface area (Å²) in [5, 5.41) is 3.79. The third kappa shape index (κ3) is 6.35. The van der Waals surface area contributed by atoms with Gasteiger partial charge in [-0.25, -0.2) is 0 Å². The number of benzene rings is 8. The third-order valence-corrected chi connectivity index (χ3v) is 11.6. The van der Waals surface area contributed by atoms with Crippen molar-refractivity contribution < 1.29 is 8.83 Å². The van der Waals surface area contributed by atoms with Crippen LogP contribution in [-0.2, 0) is 6.42 Å². The Balaban J connectivity index is 1.12. The molecule has 60 heavy (non-hydrogen) atoms. The first-order valence-corrected chi connectivity index (χ1v) is 20.5.